The van der Waals surface area contributed by atoms with Crippen LogP contribution in [0.4, 0.5) is 4.39 Å². The van der Waals surface area contributed by atoms with Gasteiger partial charge in [-0.15, -0.1) is 0 Å². The number of amidine groups is 1. The third-order valence-corrected chi connectivity index (χ3v) is 4.89. The zero-order valence-electron chi connectivity index (χ0n) is 14.3. The number of aromatic amines is 1. The number of hydrogen-bond acceptors (Lipinski definition) is 3. The number of fused-ring (bicyclic) bond motifs is 1. The number of likely N-dealkylation sites (N-methyl/N-ethyl adjacent to an activating group) is 1. The Hall–Kier alpha value is -2.44. The summed E-state index contributed by atoms with van der Waals surface area (Å²) in [7, 11) is 2.02. The van der Waals surface area contributed by atoms with Crippen LogP contribution in [0, 0.1) is 5.82 Å². The first kappa shape index (κ1) is 17.0. The lowest BCUT2D eigenvalue weighted by Gasteiger charge is -2.17. The van der Waals surface area contributed by atoms with Crippen LogP contribution >= 0.6 is 11.6 Å². The van der Waals surface area contributed by atoms with Crippen LogP contribution in [0.1, 0.15) is 17.5 Å². The van der Waals surface area contributed by atoms with Crippen molar-refractivity contribution in [1.82, 2.24) is 20.4 Å². The summed E-state index contributed by atoms with van der Waals surface area (Å²) in [6, 6.07) is 8.68. The molecule has 134 valence electrons. The molecule has 1 saturated heterocycles. The van der Waals surface area contributed by atoms with Crippen molar-refractivity contribution >= 4 is 28.5 Å². The molecular weight excluding hydrogens is 353 g/mol. The standard InChI is InChI=1S/C19H19ClFN5/c1-26-16(6-13-10-23-19-17(13)7-14(20)11-24-19)8-18(25-26)22-9-12-2-4-15(21)5-3-12/h2-5,7,10-11,16H,6,8-9H2,1H3,(H,22,25)(H,23,24). The van der Waals surface area contributed by atoms with Gasteiger partial charge in [0, 0.05) is 37.3 Å². The monoisotopic (exact) mass is 371 g/mol. The molecule has 1 aliphatic heterocycles. The maximum absolute atomic E-state index is 13.0. The van der Waals surface area contributed by atoms with E-state index < -0.39 is 0 Å². The first-order valence-corrected chi connectivity index (χ1v) is 8.85. The van der Waals surface area contributed by atoms with E-state index in [-0.39, 0.29) is 5.82 Å². The van der Waals surface area contributed by atoms with Crippen LogP contribution in [0.3, 0.4) is 0 Å². The van der Waals surface area contributed by atoms with Crippen LogP contribution in [0.15, 0.2) is 47.7 Å². The van der Waals surface area contributed by atoms with Crippen molar-refractivity contribution in [3.05, 3.63) is 64.7 Å². The number of nitrogens with zero attached hydrogens (tertiary/aromatic N) is 3. The smallest absolute Gasteiger partial charge is 0.137 e. The molecule has 1 fully saturated rings. The van der Waals surface area contributed by atoms with Gasteiger partial charge in [0.05, 0.1) is 11.6 Å². The third-order valence-electron chi connectivity index (χ3n) is 4.69. The van der Waals surface area contributed by atoms with Gasteiger partial charge in [-0.2, -0.15) is 0 Å². The molecule has 3 heterocycles. The topological polar surface area (TPSA) is 56.3 Å². The highest BCUT2D eigenvalue weighted by atomic mass is 35.5. The van der Waals surface area contributed by atoms with E-state index >= 15 is 0 Å². The quantitative estimate of drug-likeness (QED) is 0.735. The Morgan fingerprint density at radius 3 is 2.96 bits per heavy atom. The van der Waals surface area contributed by atoms with Gasteiger partial charge < -0.3 is 10.4 Å². The molecule has 0 spiro atoms. The van der Waals surface area contributed by atoms with Gasteiger partial charge in [0.25, 0.3) is 0 Å². The zero-order chi connectivity index (χ0) is 18.1. The number of benzene rings is 1. The molecule has 7 heteroatoms. The highest BCUT2D eigenvalue weighted by molar-refractivity contribution is 6.31. The summed E-state index contributed by atoms with van der Waals surface area (Å²) in [5.41, 5.74) is 6.34. The van der Waals surface area contributed by atoms with Crippen LogP contribution < -0.4 is 5.43 Å². The zero-order valence-corrected chi connectivity index (χ0v) is 15.1. The lowest BCUT2D eigenvalue weighted by molar-refractivity contribution is 0.247. The maximum Gasteiger partial charge on any atom is 0.137 e. The van der Waals surface area contributed by atoms with Crippen LogP contribution in [-0.2, 0) is 13.0 Å². The number of halogens is 2. The van der Waals surface area contributed by atoms with Gasteiger partial charge in [-0.05, 0) is 35.7 Å². The summed E-state index contributed by atoms with van der Waals surface area (Å²) in [6.07, 6.45) is 5.34. The highest BCUT2D eigenvalue weighted by Crippen LogP contribution is 2.24. The average Bonchev–Trinajstić information content (AvgIpc) is 3.18. The fourth-order valence-electron chi connectivity index (χ4n) is 3.24. The molecule has 2 N–H and O–H groups in total. The summed E-state index contributed by atoms with van der Waals surface area (Å²) in [6.45, 7) is 0.537. The van der Waals surface area contributed by atoms with Crippen LogP contribution in [0.5, 0.6) is 0 Å². The minimum absolute atomic E-state index is 0.228. The molecule has 0 saturated carbocycles. The normalized spacial score (nSPS) is 19.3. The molecule has 0 amide bonds. The van der Waals surface area contributed by atoms with Gasteiger partial charge in [-0.1, -0.05) is 23.7 Å². The number of hydrogen-bond donors (Lipinski definition) is 2. The van der Waals surface area contributed by atoms with Crippen LogP contribution in [0.25, 0.3) is 11.0 Å². The van der Waals surface area contributed by atoms with E-state index in [4.69, 9.17) is 11.6 Å². The number of pyridine rings is 1. The minimum Gasteiger partial charge on any atom is -0.346 e. The summed E-state index contributed by atoms with van der Waals surface area (Å²) < 4.78 is 13.0. The largest absolute Gasteiger partial charge is 0.346 e. The Balaban J connectivity index is 1.45. The molecule has 0 aliphatic carbocycles. The van der Waals surface area contributed by atoms with E-state index in [1.165, 1.54) is 17.7 Å². The molecule has 2 aromatic heterocycles. The lowest BCUT2D eigenvalue weighted by atomic mass is 10.0. The van der Waals surface area contributed by atoms with Crippen molar-refractivity contribution in [2.75, 3.05) is 7.05 Å². The fraction of sp³-hybridized carbons (Fsp3) is 0.263. The maximum atomic E-state index is 13.0. The highest BCUT2D eigenvalue weighted by Gasteiger charge is 2.26. The predicted octanol–water partition coefficient (Wildman–Crippen LogP) is 3.71. The number of aromatic nitrogens is 2. The molecule has 1 aliphatic rings. The molecule has 1 unspecified atom stereocenters. The Morgan fingerprint density at radius 1 is 1.35 bits per heavy atom. The second-order valence-electron chi connectivity index (χ2n) is 6.54. The second-order valence-corrected chi connectivity index (χ2v) is 6.97. The van der Waals surface area contributed by atoms with E-state index in [1.54, 1.807) is 18.3 Å². The Morgan fingerprint density at radius 2 is 2.15 bits per heavy atom. The van der Waals surface area contributed by atoms with Crippen LogP contribution in [0.2, 0.25) is 5.02 Å². The van der Waals surface area contributed by atoms with Gasteiger partial charge in [-0.3, -0.25) is 4.99 Å². The SMILES string of the molecule is CN1NC(=NCc2ccc(F)cc2)CC1Cc1c[nH]c2ncc(Cl)cc12. The molecule has 1 aromatic carbocycles. The summed E-state index contributed by atoms with van der Waals surface area (Å²) in [5.74, 6) is 0.714. The van der Waals surface area contributed by atoms with Crippen molar-refractivity contribution in [3.8, 4) is 0 Å². The van der Waals surface area contributed by atoms with Crippen molar-refractivity contribution in [1.29, 1.82) is 0 Å². The Labute approximate surface area is 155 Å². The summed E-state index contributed by atoms with van der Waals surface area (Å²) in [5, 5.41) is 3.78. The van der Waals surface area contributed by atoms with Crippen molar-refractivity contribution in [2.24, 2.45) is 4.99 Å². The average molecular weight is 372 g/mol. The lowest BCUT2D eigenvalue weighted by Crippen LogP contribution is -2.35. The number of hydrazine groups is 1. The molecule has 0 radical (unpaired) electrons. The van der Waals surface area contributed by atoms with Gasteiger partial charge >= 0.3 is 0 Å². The molecule has 5 nitrogen and oxygen atoms in total. The number of nitrogens with one attached hydrogen (secondary N) is 2. The predicted molar refractivity (Wildman–Crippen MR) is 102 cm³/mol. The van der Waals surface area contributed by atoms with E-state index in [0.29, 0.717) is 17.6 Å². The van der Waals surface area contributed by atoms with Crippen molar-refractivity contribution in [2.45, 2.75) is 25.4 Å². The number of aliphatic imine (C=N–C) groups is 1. The molecule has 0 bridgehead atoms. The minimum atomic E-state index is -0.228. The van der Waals surface area contributed by atoms with Gasteiger partial charge in [0.15, 0.2) is 0 Å². The summed E-state index contributed by atoms with van der Waals surface area (Å²) in [4.78, 5) is 12.1. The van der Waals surface area contributed by atoms with E-state index in [1.807, 2.05) is 19.3 Å². The van der Waals surface area contributed by atoms with Gasteiger partial charge in [-0.25, -0.2) is 14.4 Å². The number of H-pyrrole nitrogens is 1. The molecule has 26 heavy (non-hydrogen) atoms. The van der Waals surface area contributed by atoms with Crippen LogP contribution in [-0.4, -0.2) is 33.9 Å². The number of rotatable bonds is 4. The Kier molecular flexibility index (Phi) is 4.61. The third kappa shape index (κ3) is 3.57. The molecule has 3 aromatic rings. The second kappa shape index (κ2) is 7.05. The van der Waals surface area contributed by atoms with E-state index in [0.717, 1.165) is 35.3 Å². The Bertz CT molecular complexity index is 950. The first-order valence-electron chi connectivity index (χ1n) is 8.47. The molecule has 1 atom stereocenters. The van der Waals surface area contributed by atoms with Crippen molar-refractivity contribution in [3.63, 3.8) is 0 Å². The van der Waals surface area contributed by atoms with E-state index in [2.05, 4.69) is 25.4 Å². The molecular formula is C19H19ClFN5. The summed E-state index contributed by atoms with van der Waals surface area (Å²) >= 11 is 6.08. The first-order chi connectivity index (χ1) is 12.6. The molecule has 4 rings (SSSR count). The van der Waals surface area contributed by atoms with Crippen molar-refractivity contribution < 1.29 is 4.39 Å². The van der Waals surface area contributed by atoms with E-state index in [9.17, 15) is 4.39 Å². The van der Waals surface area contributed by atoms with Gasteiger partial charge in [0.1, 0.15) is 17.3 Å². The van der Waals surface area contributed by atoms with Gasteiger partial charge in [0.2, 0.25) is 0 Å². The fourth-order valence-corrected chi connectivity index (χ4v) is 3.40.